The Labute approximate surface area is 114 Å². The van der Waals surface area contributed by atoms with Crippen LogP contribution < -0.4 is 5.73 Å². The van der Waals surface area contributed by atoms with Crippen LogP contribution in [-0.4, -0.2) is 57.1 Å². The zero-order valence-corrected chi connectivity index (χ0v) is 11.1. The number of nitrogens with one attached hydrogen (secondary N) is 1. The molecule has 0 saturated carbocycles. The van der Waals surface area contributed by atoms with E-state index in [9.17, 15) is 9.90 Å². The Hall–Kier alpha value is -1.55. The molecule has 0 unspecified atom stereocenters. The number of carbonyl (C=O) groups excluding carboxylic acids is 1. The van der Waals surface area contributed by atoms with Gasteiger partial charge in [-0.05, 0) is 13.8 Å². The number of aromatic nitrogens is 3. The molecule has 0 spiro atoms. The van der Waals surface area contributed by atoms with Gasteiger partial charge >= 0.3 is 0 Å². The number of carbonyl (C=O) groups is 1. The summed E-state index contributed by atoms with van der Waals surface area (Å²) in [6.07, 6.45) is -2.13. The van der Waals surface area contributed by atoms with Gasteiger partial charge in [-0.1, -0.05) is 0 Å². The molecule has 1 aromatic rings. The molecule has 3 rings (SSSR count). The first-order chi connectivity index (χ1) is 9.43. The van der Waals surface area contributed by atoms with E-state index in [1.807, 2.05) is 0 Å². The van der Waals surface area contributed by atoms with Gasteiger partial charge in [0.25, 0.3) is 5.91 Å². The molecule has 0 bridgehead atoms. The fourth-order valence-electron chi connectivity index (χ4n) is 2.67. The van der Waals surface area contributed by atoms with Crippen molar-refractivity contribution in [1.29, 1.82) is 0 Å². The number of hydrogen-bond acceptors (Lipinski definition) is 7. The van der Waals surface area contributed by atoms with E-state index in [0.29, 0.717) is 0 Å². The van der Waals surface area contributed by atoms with Crippen molar-refractivity contribution in [2.45, 2.75) is 44.1 Å². The third-order valence-corrected chi connectivity index (χ3v) is 3.41. The van der Waals surface area contributed by atoms with Crippen molar-refractivity contribution < 1.29 is 24.1 Å². The lowest BCUT2D eigenvalue weighted by Crippen LogP contribution is -2.31. The molecule has 9 nitrogen and oxygen atoms in total. The summed E-state index contributed by atoms with van der Waals surface area (Å²) < 4.78 is 17.2. The van der Waals surface area contributed by atoms with Crippen molar-refractivity contribution in [3.05, 3.63) is 11.4 Å². The van der Waals surface area contributed by atoms with E-state index in [1.54, 1.807) is 13.8 Å². The number of primary amides is 1. The van der Waals surface area contributed by atoms with Crippen LogP contribution in [0.1, 0.15) is 36.1 Å². The van der Waals surface area contributed by atoms with Crippen LogP contribution in [0, 0.1) is 0 Å². The molecule has 2 aliphatic rings. The zero-order chi connectivity index (χ0) is 14.5. The van der Waals surface area contributed by atoms with Gasteiger partial charge in [-0.3, -0.25) is 4.79 Å². The van der Waals surface area contributed by atoms with Crippen LogP contribution in [0.3, 0.4) is 0 Å². The Morgan fingerprint density at radius 1 is 1.40 bits per heavy atom. The smallest absolute Gasteiger partial charge is 0.271 e. The summed E-state index contributed by atoms with van der Waals surface area (Å²) in [7, 11) is 0. The Balaban J connectivity index is 1.94. The van der Waals surface area contributed by atoms with Crippen LogP contribution in [0.15, 0.2) is 0 Å². The maximum atomic E-state index is 11.3. The number of aliphatic hydroxyl groups is 1. The SMILES string of the molecule is CC1(C)O[C@@H]2[C@H](O1)[C@@H](CO)O[C@H]2c1n[nH]nc1C(N)=O. The predicted molar refractivity (Wildman–Crippen MR) is 63.4 cm³/mol. The number of aliphatic hydroxyl groups excluding tert-OH is 1. The lowest BCUT2D eigenvalue weighted by Gasteiger charge is -2.22. The average molecular weight is 284 g/mol. The molecule has 9 heteroatoms. The number of amides is 1. The first-order valence-corrected chi connectivity index (χ1v) is 6.25. The number of nitrogens with zero attached hydrogens (tertiary/aromatic N) is 2. The van der Waals surface area contributed by atoms with E-state index in [1.165, 1.54) is 0 Å². The molecule has 1 aromatic heterocycles. The summed E-state index contributed by atoms with van der Waals surface area (Å²) in [4.78, 5) is 11.3. The van der Waals surface area contributed by atoms with Crippen molar-refractivity contribution in [2.24, 2.45) is 5.73 Å². The fourth-order valence-corrected chi connectivity index (χ4v) is 2.67. The van der Waals surface area contributed by atoms with E-state index in [4.69, 9.17) is 19.9 Å². The van der Waals surface area contributed by atoms with Gasteiger partial charge in [0.05, 0.1) is 6.61 Å². The summed E-state index contributed by atoms with van der Waals surface area (Å²) >= 11 is 0. The quantitative estimate of drug-likeness (QED) is 0.638. The summed E-state index contributed by atoms with van der Waals surface area (Å²) in [6.45, 7) is 3.32. The third-order valence-electron chi connectivity index (χ3n) is 3.41. The highest BCUT2D eigenvalue weighted by Crippen LogP contribution is 2.44. The minimum absolute atomic E-state index is 0.000598. The normalized spacial score (nSPS) is 35.1. The number of rotatable bonds is 3. The highest BCUT2D eigenvalue weighted by molar-refractivity contribution is 5.91. The molecule has 0 radical (unpaired) electrons. The molecule has 20 heavy (non-hydrogen) atoms. The predicted octanol–water partition coefficient (Wildman–Crippen LogP) is -1.14. The van der Waals surface area contributed by atoms with E-state index < -0.39 is 36.1 Å². The van der Waals surface area contributed by atoms with Crippen molar-refractivity contribution in [3.8, 4) is 0 Å². The number of aromatic amines is 1. The monoisotopic (exact) mass is 284 g/mol. The first-order valence-electron chi connectivity index (χ1n) is 6.25. The van der Waals surface area contributed by atoms with Gasteiger partial charge in [0.2, 0.25) is 0 Å². The highest BCUT2D eigenvalue weighted by atomic mass is 16.8. The van der Waals surface area contributed by atoms with Crippen molar-refractivity contribution in [2.75, 3.05) is 6.61 Å². The Kier molecular flexibility index (Phi) is 3.01. The van der Waals surface area contributed by atoms with Gasteiger partial charge < -0.3 is 25.1 Å². The summed E-state index contributed by atoms with van der Waals surface area (Å²) in [5.41, 5.74) is 5.51. The maximum Gasteiger partial charge on any atom is 0.271 e. The second-order valence-electron chi connectivity index (χ2n) is 5.26. The second-order valence-corrected chi connectivity index (χ2v) is 5.26. The largest absolute Gasteiger partial charge is 0.394 e. The lowest BCUT2D eigenvalue weighted by molar-refractivity contribution is -0.191. The molecule has 4 N–H and O–H groups in total. The molecule has 4 atom stereocenters. The van der Waals surface area contributed by atoms with Crippen molar-refractivity contribution in [3.63, 3.8) is 0 Å². The van der Waals surface area contributed by atoms with Crippen molar-refractivity contribution >= 4 is 5.91 Å². The minimum atomic E-state index is -0.790. The van der Waals surface area contributed by atoms with Gasteiger partial charge in [-0.2, -0.15) is 15.4 Å². The molecular weight excluding hydrogens is 268 g/mol. The van der Waals surface area contributed by atoms with Gasteiger partial charge in [0.15, 0.2) is 11.5 Å². The number of nitrogens with two attached hydrogens (primary N) is 1. The summed E-state index contributed by atoms with van der Waals surface area (Å²) in [5, 5.41) is 19.4. The van der Waals surface area contributed by atoms with Crippen LogP contribution in [0.25, 0.3) is 0 Å². The molecular formula is C11H16N4O5. The molecule has 2 saturated heterocycles. The fraction of sp³-hybridized carbons (Fsp3) is 0.727. The summed E-state index contributed by atoms with van der Waals surface area (Å²) in [6, 6.07) is 0. The standard InChI is InChI=1S/C11H16N4O5/c1-11(2)19-7-4(3-16)18-8(9(7)20-11)5-6(10(12)17)14-15-13-5/h4,7-9,16H,3H2,1-2H3,(H2,12,17)(H,13,14,15)/t4-,7-,8+,9-/m1/s1. The molecule has 110 valence electrons. The Bertz CT molecular complexity index is 531. The molecule has 0 aromatic carbocycles. The van der Waals surface area contributed by atoms with E-state index in [2.05, 4.69) is 15.4 Å². The number of fused-ring (bicyclic) bond motifs is 1. The van der Waals surface area contributed by atoms with Gasteiger partial charge in [-0.15, -0.1) is 0 Å². The third kappa shape index (κ3) is 1.99. The summed E-state index contributed by atoms with van der Waals surface area (Å²) in [5.74, 6) is -1.50. The van der Waals surface area contributed by atoms with E-state index >= 15 is 0 Å². The number of H-pyrrole nitrogens is 1. The van der Waals surface area contributed by atoms with Crippen LogP contribution in [0.2, 0.25) is 0 Å². The Morgan fingerprint density at radius 2 is 2.10 bits per heavy atom. The van der Waals surface area contributed by atoms with E-state index in [0.717, 1.165) is 0 Å². The zero-order valence-electron chi connectivity index (χ0n) is 11.1. The van der Waals surface area contributed by atoms with Crippen LogP contribution in [-0.2, 0) is 14.2 Å². The van der Waals surface area contributed by atoms with Crippen LogP contribution >= 0.6 is 0 Å². The number of hydrogen-bond donors (Lipinski definition) is 3. The second kappa shape index (κ2) is 4.48. The van der Waals surface area contributed by atoms with Crippen molar-refractivity contribution in [1.82, 2.24) is 15.4 Å². The van der Waals surface area contributed by atoms with Gasteiger partial charge in [0, 0.05) is 0 Å². The Morgan fingerprint density at radius 3 is 2.75 bits per heavy atom. The van der Waals surface area contributed by atoms with E-state index in [-0.39, 0.29) is 18.0 Å². The number of ether oxygens (including phenoxy) is 3. The van der Waals surface area contributed by atoms with Crippen LogP contribution in [0.5, 0.6) is 0 Å². The molecule has 1 amide bonds. The molecule has 2 fully saturated rings. The first kappa shape index (κ1) is 13.4. The highest BCUT2D eigenvalue weighted by Gasteiger charge is 2.56. The topological polar surface area (TPSA) is 133 Å². The molecule has 3 heterocycles. The average Bonchev–Trinajstić information content (AvgIpc) is 3.00. The van der Waals surface area contributed by atoms with Gasteiger partial charge in [-0.25, -0.2) is 0 Å². The molecule has 2 aliphatic heterocycles. The lowest BCUT2D eigenvalue weighted by atomic mass is 10.0. The minimum Gasteiger partial charge on any atom is -0.394 e. The van der Waals surface area contributed by atoms with Crippen LogP contribution in [0.4, 0.5) is 0 Å². The van der Waals surface area contributed by atoms with Gasteiger partial charge in [0.1, 0.15) is 30.1 Å². The maximum absolute atomic E-state index is 11.3. The molecule has 0 aliphatic carbocycles.